The van der Waals surface area contributed by atoms with Crippen molar-refractivity contribution in [2.45, 2.75) is 11.8 Å². The van der Waals surface area contributed by atoms with E-state index in [0.29, 0.717) is 5.52 Å². The van der Waals surface area contributed by atoms with E-state index in [2.05, 4.69) is 15.6 Å². The molecule has 1 aromatic heterocycles. The van der Waals surface area contributed by atoms with Crippen molar-refractivity contribution in [2.75, 3.05) is 16.4 Å². The van der Waals surface area contributed by atoms with Gasteiger partial charge in [0.25, 0.3) is 5.91 Å². The van der Waals surface area contributed by atoms with Crippen molar-refractivity contribution >= 4 is 55.7 Å². The van der Waals surface area contributed by atoms with E-state index in [1.807, 2.05) is 25.1 Å². The van der Waals surface area contributed by atoms with Gasteiger partial charge in [-0.05, 0) is 37.3 Å². The highest BCUT2D eigenvalue weighted by Gasteiger charge is 2.22. The zero-order chi connectivity index (χ0) is 25.3. The van der Waals surface area contributed by atoms with Crippen LogP contribution in [0.5, 0.6) is 5.75 Å². The molecule has 0 radical (unpaired) electrons. The third-order valence-corrected chi connectivity index (χ3v) is 7.24. The molecular formula is C24H21ClN4O5S. The number of anilines is 2. The molecule has 3 N–H and O–H groups in total. The standard InChI is InChI=1S/C24H21ClN4O5S/c1-14-7-9-15(10-8-14)35(33,34)13-22(31)26-18-12-21(30)19(11-16(18)25)28-24(32)23-27-17-5-3-4-6-20(17)29(23)2/h3-12,30H,13H2,1-2H3,(H,26,31)(H,28,32). The molecule has 4 rings (SSSR count). The number of phenolic OH excluding ortho intramolecular Hbond substituents is 1. The summed E-state index contributed by atoms with van der Waals surface area (Å²) in [4.78, 5) is 29.5. The zero-order valence-corrected chi connectivity index (χ0v) is 20.3. The highest BCUT2D eigenvalue weighted by atomic mass is 35.5. The quantitative estimate of drug-likeness (QED) is 0.336. The first-order chi connectivity index (χ1) is 16.5. The number of para-hydroxylation sites is 2. The minimum absolute atomic E-state index is 0.00247. The lowest BCUT2D eigenvalue weighted by Crippen LogP contribution is -2.23. The Morgan fingerprint density at radius 1 is 1.03 bits per heavy atom. The van der Waals surface area contributed by atoms with Gasteiger partial charge >= 0.3 is 0 Å². The minimum atomic E-state index is -3.87. The largest absolute Gasteiger partial charge is 0.506 e. The SMILES string of the molecule is Cc1ccc(S(=O)(=O)CC(=O)Nc2cc(O)c(NC(=O)c3nc4ccccc4n3C)cc2Cl)cc1. The van der Waals surface area contributed by atoms with Crippen LogP contribution in [0.3, 0.4) is 0 Å². The lowest BCUT2D eigenvalue weighted by Gasteiger charge is -2.12. The predicted molar refractivity (Wildman–Crippen MR) is 134 cm³/mol. The second-order valence-corrected chi connectivity index (χ2v) is 10.3. The summed E-state index contributed by atoms with van der Waals surface area (Å²) in [6.45, 7) is 1.82. The average Bonchev–Trinajstić information content (AvgIpc) is 3.14. The van der Waals surface area contributed by atoms with E-state index in [-0.39, 0.29) is 32.9 Å². The lowest BCUT2D eigenvalue weighted by atomic mass is 10.2. The molecule has 4 aromatic rings. The molecule has 11 heteroatoms. The van der Waals surface area contributed by atoms with Crippen LogP contribution in [0.4, 0.5) is 11.4 Å². The van der Waals surface area contributed by atoms with E-state index in [4.69, 9.17) is 11.6 Å². The first kappa shape index (κ1) is 24.2. The highest BCUT2D eigenvalue weighted by Crippen LogP contribution is 2.34. The van der Waals surface area contributed by atoms with Gasteiger partial charge in [0, 0.05) is 13.1 Å². The number of benzene rings is 3. The van der Waals surface area contributed by atoms with Crippen LogP contribution in [0, 0.1) is 6.92 Å². The van der Waals surface area contributed by atoms with Crippen LogP contribution in [0.15, 0.2) is 65.6 Å². The number of rotatable bonds is 6. The maximum absolute atomic E-state index is 12.8. The molecule has 0 saturated heterocycles. The molecular weight excluding hydrogens is 492 g/mol. The summed E-state index contributed by atoms with van der Waals surface area (Å²) in [5, 5.41) is 15.3. The molecule has 0 atom stereocenters. The summed E-state index contributed by atoms with van der Waals surface area (Å²) >= 11 is 6.23. The number of imidazole rings is 1. The number of nitrogens with one attached hydrogen (secondary N) is 2. The van der Waals surface area contributed by atoms with Crippen LogP contribution < -0.4 is 10.6 Å². The van der Waals surface area contributed by atoms with E-state index in [1.165, 1.54) is 18.2 Å². The summed E-state index contributed by atoms with van der Waals surface area (Å²) in [5.74, 6) is -2.46. The van der Waals surface area contributed by atoms with Gasteiger partial charge in [0.1, 0.15) is 11.5 Å². The molecule has 0 aliphatic rings. The van der Waals surface area contributed by atoms with Crippen molar-refractivity contribution in [3.63, 3.8) is 0 Å². The van der Waals surface area contributed by atoms with Gasteiger partial charge in [0.15, 0.2) is 15.7 Å². The Labute approximate surface area is 206 Å². The number of nitrogens with zero attached hydrogens (tertiary/aromatic N) is 2. The number of carbonyl (C=O) groups excluding carboxylic acids is 2. The zero-order valence-electron chi connectivity index (χ0n) is 18.7. The summed E-state index contributed by atoms with van der Waals surface area (Å²) in [5.41, 5.74) is 2.28. The minimum Gasteiger partial charge on any atom is -0.506 e. The van der Waals surface area contributed by atoms with Crippen LogP contribution in [-0.4, -0.2) is 40.6 Å². The second kappa shape index (κ2) is 9.40. The molecule has 9 nitrogen and oxygen atoms in total. The fourth-order valence-corrected chi connectivity index (χ4v) is 4.82. The van der Waals surface area contributed by atoms with Gasteiger partial charge in [0.05, 0.1) is 32.3 Å². The van der Waals surface area contributed by atoms with Crippen molar-refractivity contribution in [2.24, 2.45) is 7.05 Å². The molecule has 0 bridgehead atoms. The molecule has 1 heterocycles. The molecule has 180 valence electrons. The van der Waals surface area contributed by atoms with E-state index >= 15 is 0 Å². The number of sulfone groups is 1. The molecule has 0 saturated carbocycles. The summed E-state index contributed by atoms with van der Waals surface area (Å²) in [6, 6.07) is 15.8. The van der Waals surface area contributed by atoms with Gasteiger partial charge < -0.3 is 20.3 Å². The normalized spacial score (nSPS) is 11.4. The Balaban J connectivity index is 1.49. The average molecular weight is 513 g/mol. The summed E-state index contributed by atoms with van der Waals surface area (Å²) in [6.07, 6.45) is 0. The smallest absolute Gasteiger partial charge is 0.291 e. The van der Waals surface area contributed by atoms with E-state index in [0.717, 1.165) is 17.1 Å². The van der Waals surface area contributed by atoms with Gasteiger partial charge in [0.2, 0.25) is 5.91 Å². The number of phenols is 1. The number of hydrogen-bond donors (Lipinski definition) is 3. The third-order valence-electron chi connectivity index (χ3n) is 5.30. The van der Waals surface area contributed by atoms with E-state index in [9.17, 15) is 23.1 Å². The van der Waals surface area contributed by atoms with Crippen molar-refractivity contribution in [3.8, 4) is 5.75 Å². The highest BCUT2D eigenvalue weighted by molar-refractivity contribution is 7.92. The van der Waals surface area contributed by atoms with Gasteiger partial charge in [-0.25, -0.2) is 13.4 Å². The Bertz CT molecular complexity index is 1560. The maximum atomic E-state index is 12.8. The number of hydrogen-bond acceptors (Lipinski definition) is 6. The summed E-state index contributed by atoms with van der Waals surface area (Å²) < 4.78 is 26.6. The molecule has 0 aliphatic heterocycles. The number of aryl methyl sites for hydroxylation is 2. The fraction of sp³-hybridized carbons (Fsp3) is 0.125. The first-order valence-electron chi connectivity index (χ1n) is 10.4. The molecule has 0 unspecified atom stereocenters. The number of amides is 2. The Kier molecular flexibility index (Phi) is 6.51. The van der Waals surface area contributed by atoms with Gasteiger partial charge in [-0.3, -0.25) is 9.59 Å². The first-order valence-corrected chi connectivity index (χ1v) is 12.4. The Morgan fingerprint density at radius 2 is 1.71 bits per heavy atom. The molecule has 2 amide bonds. The predicted octanol–water partition coefficient (Wildman–Crippen LogP) is 3.91. The topological polar surface area (TPSA) is 130 Å². The number of halogens is 1. The Morgan fingerprint density at radius 3 is 2.40 bits per heavy atom. The third kappa shape index (κ3) is 5.13. The monoisotopic (exact) mass is 512 g/mol. The van der Waals surface area contributed by atoms with Crippen LogP contribution in [0.25, 0.3) is 11.0 Å². The van der Waals surface area contributed by atoms with Crippen molar-refractivity contribution in [1.82, 2.24) is 9.55 Å². The maximum Gasteiger partial charge on any atom is 0.291 e. The molecule has 35 heavy (non-hydrogen) atoms. The number of aromatic nitrogens is 2. The van der Waals surface area contributed by atoms with Crippen molar-refractivity contribution in [1.29, 1.82) is 0 Å². The van der Waals surface area contributed by atoms with Gasteiger partial charge in [-0.1, -0.05) is 41.4 Å². The molecule has 0 aliphatic carbocycles. The van der Waals surface area contributed by atoms with Crippen LogP contribution in [0.2, 0.25) is 5.02 Å². The number of fused-ring (bicyclic) bond motifs is 1. The Hall–Kier alpha value is -3.89. The van der Waals surface area contributed by atoms with Gasteiger partial charge in [-0.2, -0.15) is 0 Å². The van der Waals surface area contributed by atoms with Crippen molar-refractivity contribution in [3.05, 3.63) is 77.1 Å². The lowest BCUT2D eigenvalue weighted by molar-refractivity contribution is -0.113. The molecule has 0 fully saturated rings. The van der Waals surface area contributed by atoms with Crippen molar-refractivity contribution < 1.29 is 23.1 Å². The van der Waals surface area contributed by atoms with E-state index < -0.39 is 27.4 Å². The number of aromatic hydroxyl groups is 1. The fourth-order valence-electron chi connectivity index (χ4n) is 3.47. The second-order valence-electron chi connectivity index (χ2n) is 7.91. The summed E-state index contributed by atoms with van der Waals surface area (Å²) in [7, 11) is -2.18. The number of carbonyl (C=O) groups is 2. The molecule has 0 spiro atoms. The molecule has 3 aromatic carbocycles. The van der Waals surface area contributed by atoms with Crippen LogP contribution in [0.1, 0.15) is 16.2 Å². The van der Waals surface area contributed by atoms with Gasteiger partial charge in [-0.15, -0.1) is 0 Å². The van der Waals surface area contributed by atoms with Crippen LogP contribution >= 0.6 is 11.6 Å². The van der Waals surface area contributed by atoms with Crippen LogP contribution in [-0.2, 0) is 21.7 Å². The van der Waals surface area contributed by atoms with E-state index in [1.54, 1.807) is 29.8 Å².